The fraction of sp³-hybridized carbons (Fsp3) is 0.917. The Hall–Kier alpha value is -0.911. The van der Waals surface area contributed by atoms with Crippen LogP contribution >= 0.6 is 0 Å². The third kappa shape index (κ3) is 50.0. The second-order valence-corrected chi connectivity index (χ2v) is 13.4. The Labute approximate surface area is 295 Å². The number of carboxylic acid groups (broad SMARTS) is 3. The van der Waals surface area contributed by atoms with E-state index in [-0.39, 0.29) is 0 Å². The molecule has 272 valence electrons. The van der Waals surface area contributed by atoms with E-state index in [1.54, 1.807) is 22.5 Å². The number of rotatable bonds is 28. The zero-order valence-electron chi connectivity index (χ0n) is 29.9. The predicted molar refractivity (Wildman–Crippen MR) is 182 cm³/mol. The van der Waals surface area contributed by atoms with Crippen LogP contribution in [0.4, 0.5) is 0 Å². The third-order valence-corrected chi connectivity index (χ3v) is 8.35. The van der Waals surface area contributed by atoms with Crippen molar-refractivity contribution in [1.82, 2.24) is 0 Å². The molecule has 0 aliphatic rings. The normalized spacial score (nSPS) is 12.3. The molecule has 0 rings (SSSR count). The molecule has 46 heavy (non-hydrogen) atoms. The molecule has 0 spiro atoms. The predicted octanol–water partition coefficient (Wildman–Crippen LogP) is 4.70. The average Bonchev–Trinajstić information content (AvgIpc) is 3.03. The summed E-state index contributed by atoms with van der Waals surface area (Å²) in [6, 6.07) is 0. The summed E-state index contributed by atoms with van der Waals surface area (Å²) in [6.07, 6.45) is 22.6. The Bertz CT molecular complexity index is 555. The van der Waals surface area contributed by atoms with Crippen molar-refractivity contribution in [2.24, 2.45) is 0 Å². The van der Waals surface area contributed by atoms with Gasteiger partial charge in [0.15, 0.2) is 0 Å². The topological polar surface area (TPSA) is 181 Å². The first kappa shape index (κ1) is 51.9. The summed E-state index contributed by atoms with van der Waals surface area (Å²) in [5.41, 5.74) is 0. The van der Waals surface area contributed by atoms with E-state index < -0.39 is 36.2 Å². The molecule has 3 N–H and O–H groups in total. The fourth-order valence-corrected chi connectivity index (χ4v) is 4.97. The summed E-state index contributed by atoms with van der Waals surface area (Å²) in [7, 11) is 0. The molecule has 9 nitrogen and oxygen atoms in total. The summed E-state index contributed by atoms with van der Waals surface area (Å²) < 4.78 is 1.45. The van der Waals surface area contributed by atoms with Crippen LogP contribution in [0.2, 0.25) is 4.44 Å². The van der Waals surface area contributed by atoms with Crippen LogP contribution in [-0.2, 0) is 14.4 Å². The van der Waals surface area contributed by atoms with E-state index in [9.17, 15) is 29.7 Å². The molecule has 0 heterocycles. The molecule has 0 bridgehead atoms. The average molecular weight is 766 g/mol. The maximum absolute atomic E-state index is 10.1. The van der Waals surface area contributed by atoms with Gasteiger partial charge in [-0.05, 0) is 19.3 Å². The molecule has 0 aliphatic heterocycles. The third-order valence-electron chi connectivity index (χ3n) is 7.34. The number of carbonyl (C=O) groups excluding carboxylic acids is 3. The van der Waals surface area contributed by atoms with Crippen molar-refractivity contribution >= 4 is 40.4 Å². The van der Waals surface area contributed by atoms with Crippen molar-refractivity contribution in [2.75, 3.05) is 0 Å². The van der Waals surface area contributed by atoms with E-state index in [0.717, 1.165) is 57.8 Å². The number of hydrogen-bond donors (Lipinski definition) is 3. The van der Waals surface area contributed by atoms with Crippen LogP contribution in [0.15, 0.2) is 0 Å². The molecule has 0 amide bonds. The van der Waals surface area contributed by atoms with E-state index in [1.165, 1.54) is 87.9 Å². The summed E-state index contributed by atoms with van der Waals surface area (Å²) in [6.45, 7) is 8.71. The monoisotopic (exact) mass is 766 g/mol. The minimum absolute atomic E-state index is 0.328. The van der Waals surface area contributed by atoms with Crippen molar-refractivity contribution in [3.63, 3.8) is 0 Å². The van der Waals surface area contributed by atoms with Gasteiger partial charge in [0.1, 0.15) is 0 Å². The van der Waals surface area contributed by atoms with Crippen LogP contribution in [0, 0.1) is 0 Å². The van der Waals surface area contributed by atoms with Crippen LogP contribution in [0.25, 0.3) is 0 Å². The molecular formula is C36H70O9Sn. The van der Waals surface area contributed by atoms with Gasteiger partial charge in [-0.15, -0.1) is 0 Å². The quantitative estimate of drug-likeness (QED) is 0.0752. The van der Waals surface area contributed by atoms with Gasteiger partial charge in [-0.25, -0.2) is 0 Å². The first-order valence-electron chi connectivity index (χ1n) is 18.3. The molecule has 0 aromatic rings. The SMILES string of the molecule is CCCCCCCCC(O)C(=O)[O-].CCCCCCCCC(O)C(=O)[O-].CCCCCCCCC(O)C(=O)[O-].CCCCC[CH2][Sn+3]. The van der Waals surface area contributed by atoms with Gasteiger partial charge in [0.05, 0.1) is 36.2 Å². The zero-order chi connectivity index (χ0) is 35.8. The molecule has 0 fully saturated rings. The number of hydrogen-bond acceptors (Lipinski definition) is 9. The van der Waals surface area contributed by atoms with Crippen molar-refractivity contribution in [3.8, 4) is 0 Å². The van der Waals surface area contributed by atoms with Crippen LogP contribution in [0.1, 0.15) is 188 Å². The second-order valence-electron chi connectivity index (χ2n) is 12.0. The molecule has 3 unspecified atom stereocenters. The second kappa shape index (κ2) is 44.1. The van der Waals surface area contributed by atoms with Crippen molar-refractivity contribution in [3.05, 3.63) is 0 Å². The van der Waals surface area contributed by atoms with E-state index in [0.29, 0.717) is 19.3 Å². The number of unbranched alkanes of at least 4 members (excludes halogenated alkanes) is 18. The summed E-state index contributed by atoms with van der Waals surface area (Å²) in [5, 5.41) is 56.9. The van der Waals surface area contributed by atoms with Gasteiger partial charge in [0.2, 0.25) is 0 Å². The number of carbonyl (C=O) groups is 3. The first-order valence-corrected chi connectivity index (χ1v) is 20.3. The first-order chi connectivity index (χ1) is 22.0. The van der Waals surface area contributed by atoms with Gasteiger partial charge >= 0.3 is 59.6 Å². The standard InChI is InChI=1S/3C10H20O3.C6H13.Sn/c3*1-2-3-4-5-6-7-8-9(11)10(12)13;1-3-5-6-4-2;/h3*9,11H,2-8H2,1H3,(H,12,13);1,3-6H2,2H3;/q;;;;+3/p-3. The molecular weight excluding hydrogens is 695 g/mol. The van der Waals surface area contributed by atoms with Crippen LogP contribution in [0.5, 0.6) is 0 Å². The van der Waals surface area contributed by atoms with Crippen LogP contribution < -0.4 is 15.3 Å². The maximum atomic E-state index is 10.1. The zero-order valence-corrected chi connectivity index (χ0v) is 32.8. The number of aliphatic hydroxyl groups excluding tert-OH is 3. The van der Waals surface area contributed by atoms with Gasteiger partial charge in [-0.3, -0.25) is 0 Å². The Morgan fingerprint density at radius 3 is 0.804 bits per heavy atom. The fourth-order valence-electron chi connectivity index (χ4n) is 4.26. The van der Waals surface area contributed by atoms with E-state index in [1.807, 2.05) is 0 Å². The minimum atomic E-state index is -1.35. The Morgan fingerprint density at radius 1 is 0.413 bits per heavy atom. The van der Waals surface area contributed by atoms with Crippen molar-refractivity contribution in [2.45, 2.75) is 211 Å². The molecule has 0 saturated heterocycles. The van der Waals surface area contributed by atoms with Crippen LogP contribution in [-0.4, -0.2) is 74.1 Å². The van der Waals surface area contributed by atoms with Crippen LogP contribution in [0.3, 0.4) is 0 Å². The summed E-state index contributed by atoms with van der Waals surface area (Å²) >= 11 is 1.70. The number of aliphatic hydroxyl groups is 3. The van der Waals surface area contributed by atoms with Gasteiger partial charge in [-0.1, -0.05) is 136 Å². The summed E-state index contributed by atoms with van der Waals surface area (Å²) in [4.78, 5) is 30.3. The molecule has 0 aromatic carbocycles. The van der Waals surface area contributed by atoms with Crippen molar-refractivity contribution < 1.29 is 45.0 Å². The van der Waals surface area contributed by atoms with Gasteiger partial charge in [0, 0.05) is 0 Å². The molecule has 0 aromatic heterocycles. The Morgan fingerprint density at radius 2 is 0.609 bits per heavy atom. The molecule has 0 saturated carbocycles. The molecule has 0 aliphatic carbocycles. The number of carboxylic acids is 3. The molecule has 0 radical (unpaired) electrons. The Kier molecular flexibility index (Phi) is 49.8. The number of aliphatic carboxylic acids is 3. The summed E-state index contributed by atoms with van der Waals surface area (Å²) in [5.74, 6) is -4.06. The van der Waals surface area contributed by atoms with E-state index in [4.69, 9.17) is 15.3 Å². The molecule has 10 heteroatoms. The van der Waals surface area contributed by atoms with Gasteiger partial charge < -0.3 is 45.0 Å². The Balaban J connectivity index is -0.000000261. The van der Waals surface area contributed by atoms with E-state index >= 15 is 0 Å². The van der Waals surface area contributed by atoms with Crippen molar-refractivity contribution in [1.29, 1.82) is 0 Å². The van der Waals surface area contributed by atoms with Gasteiger partial charge in [0.25, 0.3) is 0 Å². The molecule has 3 atom stereocenters. The van der Waals surface area contributed by atoms with E-state index in [2.05, 4.69) is 27.7 Å². The van der Waals surface area contributed by atoms with Gasteiger partial charge in [-0.2, -0.15) is 0 Å².